The second kappa shape index (κ2) is 9.08. The van der Waals surface area contributed by atoms with E-state index in [4.69, 9.17) is 9.47 Å². The summed E-state index contributed by atoms with van der Waals surface area (Å²) in [5.74, 6) is 2.11. The molecule has 1 N–H and O–H groups in total. The molecule has 1 atom stereocenters. The van der Waals surface area contributed by atoms with E-state index in [1.165, 1.54) is 24.0 Å². The third kappa shape index (κ3) is 5.66. The van der Waals surface area contributed by atoms with Crippen LogP contribution < -0.4 is 10.1 Å². The van der Waals surface area contributed by atoms with E-state index in [0.717, 1.165) is 0 Å². The molecule has 0 spiro atoms. The van der Waals surface area contributed by atoms with Crippen LogP contribution in [0.1, 0.15) is 24.0 Å². The molecule has 2 rings (SSSR count). The van der Waals surface area contributed by atoms with E-state index in [1.54, 1.807) is 0 Å². The Morgan fingerprint density at radius 2 is 1.91 bits per heavy atom. The lowest BCUT2D eigenvalue weighted by atomic mass is 10.2. The smallest absolute Gasteiger partial charge is 0.344 e. The topological polar surface area (TPSA) is 64.6 Å². The minimum atomic E-state index is -0.815. The molecule has 1 aliphatic heterocycles. The zero-order valence-electron chi connectivity index (χ0n) is 13.2. The first kappa shape index (κ1) is 18.0. The van der Waals surface area contributed by atoms with Crippen LogP contribution in [0.25, 0.3) is 0 Å². The van der Waals surface area contributed by atoms with Crippen molar-refractivity contribution in [2.24, 2.45) is 0 Å². The van der Waals surface area contributed by atoms with Gasteiger partial charge in [0, 0.05) is 18.1 Å². The van der Waals surface area contributed by atoms with E-state index < -0.39 is 12.1 Å². The summed E-state index contributed by atoms with van der Waals surface area (Å²) >= 11 is 3.89. The second-order valence-electron chi connectivity index (χ2n) is 4.96. The first-order valence-electron chi connectivity index (χ1n) is 7.53. The van der Waals surface area contributed by atoms with Crippen molar-refractivity contribution in [1.82, 2.24) is 5.32 Å². The molecule has 1 heterocycles. The normalized spacial score (nSPS) is 15.9. The molecule has 0 bridgehead atoms. The van der Waals surface area contributed by atoms with Gasteiger partial charge in [0.1, 0.15) is 5.75 Å². The van der Waals surface area contributed by atoms with Gasteiger partial charge in [-0.1, -0.05) is 12.1 Å². The molecule has 0 radical (unpaired) electrons. The Labute approximate surface area is 144 Å². The van der Waals surface area contributed by atoms with Crippen molar-refractivity contribution in [3.63, 3.8) is 0 Å². The molecule has 1 aromatic rings. The maximum Gasteiger partial charge on any atom is 0.344 e. The van der Waals surface area contributed by atoms with Crippen molar-refractivity contribution in [1.29, 1.82) is 0 Å². The number of benzene rings is 1. The Morgan fingerprint density at radius 1 is 1.26 bits per heavy atom. The SMILES string of the molecule is CCNC(=O)[C@@H](C)OC(=O)COc1ccc(C2SCCS2)cc1. The lowest BCUT2D eigenvalue weighted by Crippen LogP contribution is -2.36. The van der Waals surface area contributed by atoms with Crippen LogP contribution in [-0.2, 0) is 14.3 Å². The monoisotopic (exact) mass is 355 g/mol. The van der Waals surface area contributed by atoms with Crippen LogP contribution in [0.4, 0.5) is 0 Å². The van der Waals surface area contributed by atoms with Crippen molar-refractivity contribution < 1.29 is 19.1 Å². The maximum absolute atomic E-state index is 11.7. The van der Waals surface area contributed by atoms with Gasteiger partial charge in [-0.25, -0.2) is 4.79 Å². The van der Waals surface area contributed by atoms with Crippen LogP contribution in [0.3, 0.4) is 0 Å². The van der Waals surface area contributed by atoms with Crippen LogP contribution in [0.2, 0.25) is 0 Å². The van der Waals surface area contributed by atoms with E-state index in [9.17, 15) is 9.59 Å². The van der Waals surface area contributed by atoms with Gasteiger partial charge in [0.05, 0.1) is 4.58 Å². The third-order valence-corrected chi connectivity index (χ3v) is 6.26. The Balaban J connectivity index is 1.76. The van der Waals surface area contributed by atoms with Crippen LogP contribution in [0, 0.1) is 0 Å². The van der Waals surface area contributed by atoms with Crippen molar-refractivity contribution >= 4 is 35.4 Å². The van der Waals surface area contributed by atoms with E-state index in [0.29, 0.717) is 16.9 Å². The van der Waals surface area contributed by atoms with Gasteiger partial charge in [0.2, 0.25) is 0 Å². The highest BCUT2D eigenvalue weighted by atomic mass is 32.2. The third-order valence-electron chi connectivity index (χ3n) is 3.16. The number of thioether (sulfide) groups is 2. The summed E-state index contributed by atoms with van der Waals surface area (Å²) in [6.45, 7) is 3.63. The highest BCUT2D eigenvalue weighted by molar-refractivity contribution is 8.19. The van der Waals surface area contributed by atoms with Crippen LogP contribution >= 0.6 is 23.5 Å². The molecule has 1 aromatic carbocycles. The lowest BCUT2D eigenvalue weighted by Gasteiger charge is -2.13. The summed E-state index contributed by atoms with van der Waals surface area (Å²) in [5, 5.41) is 2.60. The molecule has 0 saturated carbocycles. The fourth-order valence-electron chi connectivity index (χ4n) is 2.02. The molecule has 7 heteroatoms. The maximum atomic E-state index is 11.7. The summed E-state index contributed by atoms with van der Waals surface area (Å²) < 4.78 is 10.9. The molecule has 1 amide bonds. The van der Waals surface area contributed by atoms with Gasteiger partial charge in [0.15, 0.2) is 12.7 Å². The summed E-state index contributed by atoms with van der Waals surface area (Å²) in [7, 11) is 0. The van der Waals surface area contributed by atoms with E-state index in [1.807, 2.05) is 54.7 Å². The van der Waals surface area contributed by atoms with Gasteiger partial charge in [-0.2, -0.15) is 0 Å². The van der Waals surface area contributed by atoms with Gasteiger partial charge >= 0.3 is 5.97 Å². The number of carbonyl (C=O) groups is 2. The fourth-order valence-corrected chi connectivity index (χ4v) is 4.88. The Bertz CT molecular complexity index is 529. The Kier molecular flexibility index (Phi) is 7.11. The molecular weight excluding hydrogens is 334 g/mol. The minimum absolute atomic E-state index is 0.212. The fraction of sp³-hybridized carbons (Fsp3) is 0.500. The Morgan fingerprint density at radius 3 is 2.52 bits per heavy atom. The average Bonchev–Trinajstić information content (AvgIpc) is 3.08. The number of hydrogen-bond acceptors (Lipinski definition) is 6. The van der Waals surface area contributed by atoms with E-state index in [2.05, 4.69) is 5.32 Å². The zero-order chi connectivity index (χ0) is 16.7. The van der Waals surface area contributed by atoms with Crippen LogP contribution in [0.5, 0.6) is 5.75 Å². The quantitative estimate of drug-likeness (QED) is 0.759. The van der Waals surface area contributed by atoms with Crippen LogP contribution in [0.15, 0.2) is 24.3 Å². The number of hydrogen-bond donors (Lipinski definition) is 1. The minimum Gasteiger partial charge on any atom is -0.482 e. The molecule has 0 unspecified atom stereocenters. The van der Waals surface area contributed by atoms with Crippen molar-refractivity contribution in [2.45, 2.75) is 24.5 Å². The largest absolute Gasteiger partial charge is 0.482 e. The number of amides is 1. The molecule has 1 saturated heterocycles. The second-order valence-corrected chi connectivity index (χ2v) is 7.68. The number of likely N-dealkylation sites (N-methyl/N-ethyl adjacent to an activating group) is 1. The molecule has 1 fully saturated rings. The van der Waals surface area contributed by atoms with Crippen molar-refractivity contribution in [3.8, 4) is 5.75 Å². The lowest BCUT2D eigenvalue weighted by molar-refractivity contribution is -0.156. The number of carbonyl (C=O) groups excluding carboxylic acids is 2. The zero-order valence-corrected chi connectivity index (χ0v) is 14.9. The summed E-state index contributed by atoms with van der Waals surface area (Å²) in [4.78, 5) is 23.2. The van der Waals surface area contributed by atoms with Gasteiger partial charge in [0.25, 0.3) is 5.91 Å². The summed E-state index contributed by atoms with van der Waals surface area (Å²) in [5.41, 5.74) is 1.26. The van der Waals surface area contributed by atoms with E-state index >= 15 is 0 Å². The van der Waals surface area contributed by atoms with Gasteiger partial charge < -0.3 is 14.8 Å². The van der Waals surface area contributed by atoms with Crippen LogP contribution in [-0.4, -0.2) is 42.6 Å². The van der Waals surface area contributed by atoms with Crippen molar-refractivity contribution in [2.75, 3.05) is 24.7 Å². The van der Waals surface area contributed by atoms with Gasteiger partial charge in [-0.15, -0.1) is 23.5 Å². The Hall–Kier alpha value is -1.34. The molecule has 0 aliphatic carbocycles. The summed E-state index contributed by atoms with van der Waals surface area (Å²) in [6, 6.07) is 7.76. The number of nitrogens with one attached hydrogen (secondary N) is 1. The van der Waals surface area contributed by atoms with Gasteiger partial charge in [-0.05, 0) is 31.5 Å². The molecule has 0 aromatic heterocycles. The molecule has 126 valence electrons. The number of ether oxygens (including phenoxy) is 2. The first-order valence-corrected chi connectivity index (χ1v) is 9.63. The molecular formula is C16H21NO4S2. The standard InChI is InChI=1S/C16H21NO4S2/c1-3-17-15(19)11(2)21-14(18)10-20-13-6-4-12(5-7-13)16-22-8-9-23-16/h4-7,11,16H,3,8-10H2,1-2H3,(H,17,19)/t11-/m1/s1. The molecule has 5 nitrogen and oxygen atoms in total. The highest BCUT2D eigenvalue weighted by Crippen LogP contribution is 2.45. The predicted octanol–water partition coefficient (Wildman–Crippen LogP) is 2.61. The number of esters is 1. The first-order chi connectivity index (χ1) is 11.1. The number of rotatable bonds is 7. The van der Waals surface area contributed by atoms with E-state index in [-0.39, 0.29) is 12.5 Å². The average molecular weight is 355 g/mol. The highest BCUT2D eigenvalue weighted by Gasteiger charge is 2.19. The molecule has 1 aliphatic rings. The van der Waals surface area contributed by atoms with Gasteiger partial charge in [-0.3, -0.25) is 4.79 Å². The molecule has 23 heavy (non-hydrogen) atoms. The summed E-state index contributed by atoms with van der Waals surface area (Å²) in [6.07, 6.45) is -0.815. The van der Waals surface area contributed by atoms with Crippen molar-refractivity contribution in [3.05, 3.63) is 29.8 Å². The predicted molar refractivity (Wildman–Crippen MR) is 93.8 cm³/mol.